The Morgan fingerprint density at radius 2 is 2.11 bits per heavy atom. The Morgan fingerprint density at radius 1 is 1.22 bits per heavy atom. The van der Waals surface area contributed by atoms with E-state index >= 15 is 0 Å². The van der Waals surface area contributed by atoms with Gasteiger partial charge in [0.2, 0.25) is 0 Å². The van der Waals surface area contributed by atoms with Crippen molar-refractivity contribution in [2.75, 3.05) is 53.6 Å². The van der Waals surface area contributed by atoms with Gasteiger partial charge in [0.1, 0.15) is 6.29 Å². The summed E-state index contributed by atoms with van der Waals surface area (Å²) in [7, 11) is 3.80. The van der Waals surface area contributed by atoms with Gasteiger partial charge in [0, 0.05) is 32.8 Å². The molecule has 0 aromatic carbocycles. The van der Waals surface area contributed by atoms with Crippen molar-refractivity contribution in [3.8, 4) is 0 Å². The van der Waals surface area contributed by atoms with E-state index in [0.29, 0.717) is 18.8 Å². The van der Waals surface area contributed by atoms with Crippen molar-refractivity contribution < 1.29 is 14.2 Å². The Hall–Kier alpha value is -0.320. The quantitative estimate of drug-likeness (QED) is 0.452. The van der Waals surface area contributed by atoms with Crippen LogP contribution in [0.5, 0.6) is 0 Å². The van der Waals surface area contributed by atoms with E-state index in [9.17, 15) is 0 Å². The maximum Gasteiger partial charge on any atom is 0.113 e. The molecule has 0 aromatic rings. The molecule has 1 aliphatic carbocycles. The standard InChI is InChI=1S/C19H39N5O3/c1-4-24-9-10-26-15(12-24)13-27-17-11-14(5-6-16(17)25-3)22-19-21-8-7-18(20-2)23-19/h14-23H,4-13H2,1-3H3/t14?,15-,16?,17?,18?,19?/m0/s1. The molecule has 2 aliphatic heterocycles. The fraction of sp³-hybridized carbons (Fsp3) is 1.00. The zero-order chi connectivity index (χ0) is 19.1. The van der Waals surface area contributed by atoms with E-state index in [-0.39, 0.29) is 24.6 Å². The number of nitrogens with one attached hydrogen (secondary N) is 4. The molecular formula is C19H39N5O3. The van der Waals surface area contributed by atoms with Gasteiger partial charge < -0.3 is 19.5 Å². The second kappa shape index (κ2) is 11.0. The van der Waals surface area contributed by atoms with Crippen molar-refractivity contribution in [1.29, 1.82) is 0 Å². The molecule has 3 fully saturated rings. The van der Waals surface area contributed by atoms with Crippen molar-refractivity contribution >= 4 is 0 Å². The molecule has 8 nitrogen and oxygen atoms in total. The van der Waals surface area contributed by atoms with Crippen LogP contribution in [0.1, 0.15) is 32.6 Å². The third-order valence-electron chi connectivity index (χ3n) is 6.10. The van der Waals surface area contributed by atoms with Crippen LogP contribution in [0.4, 0.5) is 0 Å². The van der Waals surface area contributed by atoms with E-state index in [1.54, 1.807) is 7.11 Å². The molecule has 4 N–H and O–H groups in total. The molecule has 0 amide bonds. The second-order valence-electron chi connectivity index (χ2n) is 7.89. The maximum absolute atomic E-state index is 6.31. The zero-order valence-electron chi connectivity index (χ0n) is 17.2. The van der Waals surface area contributed by atoms with E-state index in [0.717, 1.165) is 58.5 Å². The molecule has 2 heterocycles. The fourth-order valence-corrected chi connectivity index (χ4v) is 4.38. The van der Waals surface area contributed by atoms with E-state index in [1.807, 2.05) is 7.05 Å². The molecule has 8 heteroatoms. The van der Waals surface area contributed by atoms with Gasteiger partial charge in [-0.25, -0.2) is 0 Å². The summed E-state index contributed by atoms with van der Waals surface area (Å²) < 4.78 is 17.9. The topological polar surface area (TPSA) is 79.1 Å². The van der Waals surface area contributed by atoms with Crippen molar-refractivity contribution in [3.05, 3.63) is 0 Å². The van der Waals surface area contributed by atoms with Crippen LogP contribution in [-0.2, 0) is 14.2 Å². The van der Waals surface area contributed by atoms with Crippen molar-refractivity contribution in [2.24, 2.45) is 0 Å². The van der Waals surface area contributed by atoms with Gasteiger partial charge in [-0.3, -0.25) is 20.9 Å². The van der Waals surface area contributed by atoms with Gasteiger partial charge in [0.25, 0.3) is 0 Å². The molecule has 158 valence electrons. The van der Waals surface area contributed by atoms with E-state index in [1.165, 1.54) is 0 Å². The molecule has 27 heavy (non-hydrogen) atoms. The van der Waals surface area contributed by atoms with Crippen LogP contribution in [0.3, 0.4) is 0 Å². The Labute approximate surface area is 164 Å². The maximum atomic E-state index is 6.31. The number of likely N-dealkylation sites (N-methyl/N-ethyl adjacent to an activating group) is 1. The van der Waals surface area contributed by atoms with Gasteiger partial charge in [-0.05, 0) is 39.3 Å². The first kappa shape index (κ1) is 21.4. The molecule has 5 unspecified atom stereocenters. The lowest BCUT2D eigenvalue weighted by molar-refractivity contribution is -0.126. The highest BCUT2D eigenvalue weighted by molar-refractivity contribution is 4.88. The first-order chi connectivity index (χ1) is 13.2. The highest BCUT2D eigenvalue weighted by Gasteiger charge is 2.34. The first-order valence-corrected chi connectivity index (χ1v) is 10.6. The van der Waals surface area contributed by atoms with Crippen LogP contribution < -0.4 is 21.3 Å². The lowest BCUT2D eigenvalue weighted by atomic mass is 9.90. The first-order valence-electron chi connectivity index (χ1n) is 10.6. The lowest BCUT2D eigenvalue weighted by Crippen LogP contribution is -2.66. The molecule has 6 atom stereocenters. The molecule has 0 radical (unpaired) electrons. The van der Waals surface area contributed by atoms with Crippen LogP contribution >= 0.6 is 0 Å². The van der Waals surface area contributed by atoms with Gasteiger partial charge in [0.15, 0.2) is 0 Å². The number of ether oxygens (including phenoxy) is 3. The molecule has 2 saturated heterocycles. The molecular weight excluding hydrogens is 346 g/mol. The third-order valence-corrected chi connectivity index (χ3v) is 6.10. The summed E-state index contributed by atoms with van der Waals surface area (Å²) in [5.41, 5.74) is 0. The van der Waals surface area contributed by atoms with E-state index in [4.69, 9.17) is 14.2 Å². The summed E-state index contributed by atoms with van der Waals surface area (Å²) in [6.07, 6.45) is 5.13. The average Bonchev–Trinajstić information content (AvgIpc) is 2.72. The monoisotopic (exact) mass is 385 g/mol. The van der Waals surface area contributed by atoms with Crippen LogP contribution in [0.15, 0.2) is 0 Å². The third kappa shape index (κ3) is 6.33. The zero-order valence-corrected chi connectivity index (χ0v) is 17.2. The molecule has 0 spiro atoms. The minimum atomic E-state index is 0.116. The Kier molecular flexibility index (Phi) is 8.73. The average molecular weight is 386 g/mol. The number of morpholine rings is 1. The van der Waals surface area contributed by atoms with Gasteiger partial charge >= 0.3 is 0 Å². The Morgan fingerprint density at radius 3 is 2.89 bits per heavy atom. The smallest absolute Gasteiger partial charge is 0.113 e. The fourth-order valence-electron chi connectivity index (χ4n) is 4.38. The highest BCUT2D eigenvalue weighted by Crippen LogP contribution is 2.25. The van der Waals surface area contributed by atoms with E-state index in [2.05, 4.69) is 33.1 Å². The molecule has 3 aliphatic rings. The number of nitrogens with zero attached hydrogens (tertiary/aromatic N) is 1. The minimum absolute atomic E-state index is 0.116. The van der Waals surface area contributed by atoms with Gasteiger partial charge in [-0.1, -0.05) is 6.92 Å². The number of methoxy groups -OCH3 is 1. The Balaban J connectivity index is 1.46. The number of hydrogen-bond acceptors (Lipinski definition) is 8. The van der Waals surface area contributed by atoms with Crippen LogP contribution in [0.2, 0.25) is 0 Å². The SMILES string of the molecule is CCN1CCO[C@H](COC2CC(NC3NCCC(NC)N3)CCC2OC)C1. The summed E-state index contributed by atoms with van der Waals surface area (Å²) in [4.78, 5) is 2.43. The summed E-state index contributed by atoms with van der Waals surface area (Å²) in [6.45, 7) is 7.72. The Bertz CT molecular complexity index is 430. The highest BCUT2D eigenvalue weighted by atomic mass is 16.6. The number of rotatable bonds is 8. The second-order valence-corrected chi connectivity index (χ2v) is 7.89. The van der Waals surface area contributed by atoms with Gasteiger partial charge in [0.05, 0.1) is 37.7 Å². The summed E-state index contributed by atoms with van der Waals surface area (Å²) >= 11 is 0. The van der Waals surface area contributed by atoms with Crippen LogP contribution in [0.25, 0.3) is 0 Å². The molecule has 1 saturated carbocycles. The summed E-state index contributed by atoms with van der Waals surface area (Å²) in [5, 5.41) is 14.1. The van der Waals surface area contributed by atoms with Crippen molar-refractivity contribution in [3.63, 3.8) is 0 Å². The molecule has 0 bridgehead atoms. The molecule has 3 rings (SSSR count). The van der Waals surface area contributed by atoms with Gasteiger partial charge in [-0.2, -0.15) is 0 Å². The largest absolute Gasteiger partial charge is 0.379 e. The summed E-state index contributed by atoms with van der Waals surface area (Å²) in [6, 6.07) is 0.418. The molecule has 0 aromatic heterocycles. The normalized spacial score (nSPS) is 38.8. The van der Waals surface area contributed by atoms with Crippen molar-refractivity contribution in [1.82, 2.24) is 26.2 Å². The van der Waals surface area contributed by atoms with E-state index < -0.39 is 0 Å². The predicted octanol–water partition coefficient (Wildman–Crippen LogP) is -0.339. The minimum Gasteiger partial charge on any atom is -0.379 e. The predicted molar refractivity (Wildman–Crippen MR) is 106 cm³/mol. The number of hydrogen-bond donors (Lipinski definition) is 4. The lowest BCUT2D eigenvalue weighted by Gasteiger charge is -2.40. The summed E-state index contributed by atoms with van der Waals surface area (Å²) in [5.74, 6) is 0. The van der Waals surface area contributed by atoms with Crippen LogP contribution in [0, 0.1) is 0 Å². The van der Waals surface area contributed by atoms with Crippen LogP contribution in [-0.4, -0.2) is 95.3 Å². The van der Waals surface area contributed by atoms with Gasteiger partial charge in [-0.15, -0.1) is 0 Å². The van der Waals surface area contributed by atoms with Crippen molar-refractivity contribution in [2.45, 2.75) is 69.4 Å².